The van der Waals surface area contributed by atoms with Gasteiger partial charge in [0.25, 0.3) is 6.47 Å². The quantitative estimate of drug-likeness (QED) is 0.645. The van der Waals surface area contributed by atoms with E-state index in [2.05, 4.69) is 58.1 Å². The summed E-state index contributed by atoms with van der Waals surface area (Å²) in [7, 11) is 0. The van der Waals surface area contributed by atoms with E-state index in [1.165, 1.54) is 11.1 Å². The molecular formula is C23H26N2O4. The molecule has 0 amide bonds. The molecule has 2 heterocycles. The molecule has 0 bridgehead atoms. The average molecular weight is 394 g/mol. The molecule has 1 aliphatic heterocycles. The fourth-order valence-electron chi connectivity index (χ4n) is 3.76. The van der Waals surface area contributed by atoms with Crippen molar-refractivity contribution in [3.05, 3.63) is 67.0 Å². The van der Waals surface area contributed by atoms with E-state index in [-0.39, 0.29) is 18.5 Å². The van der Waals surface area contributed by atoms with Crippen LogP contribution in [0.25, 0.3) is 22.5 Å². The molecule has 6 nitrogen and oxygen atoms in total. The zero-order valence-corrected chi connectivity index (χ0v) is 16.3. The summed E-state index contributed by atoms with van der Waals surface area (Å²) in [5.41, 5.74) is 3.34. The SMILES string of the molecule is O=CO.OCC1(Cn2ccnc2-c2ccccc2-c2ccccc2)CCOCC1. The van der Waals surface area contributed by atoms with E-state index in [4.69, 9.17) is 14.6 Å². The highest BCUT2D eigenvalue weighted by molar-refractivity contribution is 5.80. The number of aliphatic hydroxyl groups excluding tert-OH is 1. The molecule has 2 N–H and O–H groups in total. The number of ether oxygens (including phenoxy) is 1. The lowest BCUT2D eigenvalue weighted by atomic mass is 9.81. The molecule has 4 rings (SSSR count). The van der Waals surface area contributed by atoms with Crippen molar-refractivity contribution in [3.63, 3.8) is 0 Å². The third-order valence-corrected chi connectivity index (χ3v) is 5.36. The molecule has 0 spiro atoms. The van der Waals surface area contributed by atoms with Crippen molar-refractivity contribution in [3.8, 4) is 22.5 Å². The Morgan fingerprint density at radius 3 is 2.31 bits per heavy atom. The molecule has 0 atom stereocenters. The van der Waals surface area contributed by atoms with Crippen molar-refractivity contribution in [1.29, 1.82) is 0 Å². The van der Waals surface area contributed by atoms with Crippen LogP contribution < -0.4 is 0 Å². The zero-order chi connectivity index (χ0) is 20.5. The minimum atomic E-state index is -0.250. The van der Waals surface area contributed by atoms with Crippen LogP contribution in [0.15, 0.2) is 67.0 Å². The number of hydrogen-bond acceptors (Lipinski definition) is 4. The molecule has 1 fully saturated rings. The molecule has 0 saturated carbocycles. The highest BCUT2D eigenvalue weighted by Gasteiger charge is 2.33. The summed E-state index contributed by atoms with van der Waals surface area (Å²) in [4.78, 5) is 13.0. The lowest BCUT2D eigenvalue weighted by Gasteiger charge is -2.36. The van der Waals surface area contributed by atoms with E-state index in [0.29, 0.717) is 13.2 Å². The largest absolute Gasteiger partial charge is 0.483 e. The highest BCUT2D eigenvalue weighted by atomic mass is 16.5. The molecule has 0 aliphatic carbocycles. The van der Waals surface area contributed by atoms with E-state index in [1.807, 2.05) is 18.5 Å². The number of rotatable bonds is 5. The fourth-order valence-corrected chi connectivity index (χ4v) is 3.76. The van der Waals surface area contributed by atoms with Crippen LogP contribution >= 0.6 is 0 Å². The molecule has 1 saturated heterocycles. The first-order valence-corrected chi connectivity index (χ1v) is 9.65. The van der Waals surface area contributed by atoms with Crippen LogP contribution in [0.5, 0.6) is 0 Å². The smallest absolute Gasteiger partial charge is 0.290 e. The standard InChI is InChI=1S/C22H24N2O2.CH2O2/c25-17-22(10-14-26-15-11-22)16-24-13-12-23-21(24)20-9-5-4-8-19(20)18-6-2-1-3-7-18;2-1-3/h1-9,12-13,25H,10-11,14-17H2;1H,(H,2,3). The third kappa shape index (κ3) is 4.91. The first-order chi connectivity index (χ1) is 14.2. The van der Waals surface area contributed by atoms with Crippen LogP contribution in [0, 0.1) is 5.41 Å². The third-order valence-electron chi connectivity index (χ3n) is 5.36. The second kappa shape index (κ2) is 10.0. The van der Waals surface area contributed by atoms with E-state index in [0.717, 1.165) is 30.8 Å². The van der Waals surface area contributed by atoms with Crippen LogP contribution in [0.4, 0.5) is 0 Å². The van der Waals surface area contributed by atoms with Gasteiger partial charge in [-0.05, 0) is 24.0 Å². The fraction of sp³-hybridized carbons (Fsp3) is 0.304. The Bertz CT molecular complexity index is 902. The van der Waals surface area contributed by atoms with Crippen LogP contribution in [0.1, 0.15) is 12.8 Å². The lowest BCUT2D eigenvalue weighted by Crippen LogP contribution is -2.37. The van der Waals surface area contributed by atoms with E-state index in [1.54, 1.807) is 0 Å². The van der Waals surface area contributed by atoms with Crippen LogP contribution in [0.3, 0.4) is 0 Å². The Hall–Kier alpha value is -2.96. The summed E-state index contributed by atoms with van der Waals surface area (Å²) in [6, 6.07) is 18.8. The van der Waals surface area contributed by atoms with E-state index < -0.39 is 0 Å². The van der Waals surface area contributed by atoms with Crippen molar-refractivity contribution >= 4 is 6.47 Å². The summed E-state index contributed by atoms with van der Waals surface area (Å²) < 4.78 is 7.69. The number of aliphatic hydroxyl groups is 1. The topological polar surface area (TPSA) is 84.6 Å². The summed E-state index contributed by atoms with van der Waals surface area (Å²) in [5, 5.41) is 16.9. The Morgan fingerprint density at radius 2 is 1.66 bits per heavy atom. The molecule has 3 aromatic rings. The molecule has 2 aromatic carbocycles. The summed E-state index contributed by atoms with van der Waals surface area (Å²) in [6.07, 6.45) is 5.62. The summed E-state index contributed by atoms with van der Waals surface area (Å²) in [5.74, 6) is 0.948. The number of carbonyl (C=O) groups is 1. The normalized spacial score (nSPS) is 15.2. The highest BCUT2D eigenvalue weighted by Crippen LogP contribution is 2.35. The van der Waals surface area contributed by atoms with Crippen molar-refractivity contribution in [2.24, 2.45) is 5.41 Å². The molecular weight excluding hydrogens is 368 g/mol. The molecule has 1 aromatic heterocycles. The Labute approximate surface area is 170 Å². The number of aromatic nitrogens is 2. The first-order valence-electron chi connectivity index (χ1n) is 9.65. The van der Waals surface area contributed by atoms with Gasteiger partial charge >= 0.3 is 0 Å². The minimum absolute atomic E-state index is 0.130. The summed E-state index contributed by atoms with van der Waals surface area (Å²) in [6.45, 7) is 2.11. The molecule has 29 heavy (non-hydrogen) atoms. The van der Waals surface area contributed by atoms with Gasteiger partial charge in [0.15, 0.2) is 0 Å². The minimum Gasteiger partial charge on any atom is -0.483 e. The average Bonchev–Trinajstić information content (AvgIpc) is 3.23. The maximum atomic E-state index is 10.0. The second-order valence-electron chi connectivity index (χ2n) is 7.17. The maximum Gasteiger partial charge on any atom is 0.290 e. The van der Waals surface area contributed by atoms with Gasteiger partial charge in [-0.25, -0.2) is 4.98 Å². The zero-order valence-electron chi connectivity index (χ0n) is 16.3. The number of nitrogens with zero attached hydrogens (tertiary/aromatic N) is 2. The molecule has 1 aliphatic rings. The van der Waals surface area contributed by atoms with Gasteiger partial charge in [0.2, 0.25) is 0 Å². The van der Waals surface area contributed by atoms with E-state index in [9.17, 15) is 5.11 Å². The van der Waals surface area contributed by atoms with Gasteiger partial charge < -0.3 is 19.5 Å². The number of imidazole rings is 1. The van der Waals surface area contributed by atoms with Crippen molar-refractivity contribution in [2.45, 2.75) is 19.4 Å². The van der Waals surface area contributed by atoms with Crippen molar-refractivity contribution < 1.29 is 19.7 Å². The Morgan fingerprint density at radius 1 is 1.03 bits per heavy atom. The van der Waals surface area contributed by atoms with Gasteiger partial charge in [0.05, 0.1) is 6.61 Å². The number of carboxylic acid groups (broad SMARTS) is 1. The lowest BCUT2D eigenvalue weighted by molar-refractivity contribution is -0.122. The van der Waals surface area contributed by atoms with Gasteiger partial charge in [0.1, 0.15) is 5.82 Å². The van der Waals surface area contributed by atoms with Gasteiger partial charge in [-0.2, -0.15) is 0 Å². The Balaban J connectivity index is 0.000000755. The van der Waals surface area contributed by atoms with Crippen LogP contribution in [0.2, 0.25) is 0 Å². The monoisotopic (exact) mass is 394 g/mol. The summed E-state index contributed by atoms with van der Waals surface area (Å²) >= 11 is 0. The maximum absolute atomic E-state index is 10.0. The predicted molar refractivity (Wildman–Crippen MR) is 111 cm³/mol. The Kier molecular flexibility index (Phi) is 7.16. The molecule has 0 radical (unpaired) electrons. The number of benzene rings is 2. The second-order valence-corrected chi connectivity index (χ2v) is 7.17. The van der Waals surface area contributed by atoms with Gasteiger partial charge in [-0.1, -0.05) is 54.6 Å². The van der Waals surface area contributed by atoms with Gasteiger partial charge in [0, 0.05) is 43.1 Å². The van der Waals surface area contributed by atoms with Gasteiger partial charge in [-0.3, -0.25) is 4.79 Å². The van der Waals surface area contributed by atoms with Crippen molar-refractivity contribution in [2.75, 3.05) is 19.8 Å². The molecule has 152 valence electrons. The van der Waals surface area contributed by atoms with Crippen LogP contribution in [-0.4, -0.2) is 46.1 Å². The van der Waals surface area contributed by atoms with Crippen molar-refractivity contribution in [1.82, 2.24) is 9.55 Å². The first kappa shape index (κ1) is 20.8. The number of hydrogen-bond donors (Lipinski definition) is 2. The van der Waals surface area contributed by atoms with Crippen LogP contribution in [-0.2, 0) is 16.1 Å². The molecule has 0 unspecified atom stereocenters. The molecule has 6 heteroatoms. The predicted octanol–water partition coefficient (Wildman–Crippen LogP) is 3.71. The van der Waals surface area contributed by atoms with Gasteiger partial charge in [-0.15, -0.1) is 0 Å². The van der Waals surface area contributed by atoms with E-state index >= 15 is 0 Å².